The Labute approximate surface area is 253 Å². The van der Waals surface area contributed by atoms with E-state index >= 15 is 0 Å². The largest absolute Gasteiger partial charge is 0.384 e. The van der Waals surface area contributed by atoms with Crippen molar-refractivity contribution in [2.24, 2.45) is 5.73 Å². The first-order valence-corrected chi connectivity index (χ1v) is 14.0. The summed E-state index contributed by atoms with van der Waals surface area (Å²) in [6.45, 7) is 1.49. The Hall–Kier alpha value is -4.62. The maximum Gasteiger partial charge on any atom is 0.243 e. The minimum Gasteiger partial charge on any atom is -0.384 e. The van der Waals surface area contributed by atoms with E-state index in [2.05, 4.69) is 28.4 Å². The zero-order valence-electron chi connectivity index (χ0n) is 23.5. The molecular formula is C34H36ClN5O2. The van der Waals surface area contributed by atoms with Crippen molar-refractivity contribution in [3.8, 4) is 0 Å². The maximum atomic E-state index is 13.3. The van der Waals surface area contributed by atoms with Gasteiger partial charge in [0.05, 0.1) is 6.54 Å². The second kappa shape index (κ2) is 14.3. The van der Waals surface area contributed by atoms with Crippen molar-refractivity contribution < 1.29 is 9.59 Å². The van der Waals surface area contributed by atoms with Crippen molar-refractivity contribution in [3.63, 3.8) is 0 Å². The van der Waals surface area contributed by atoms with E-state index in [4.69, 9.17) is 11.1 Å². The Morgan fingerprint density at radius 2 is 1.57 bits per heavy atom. The van der Waals surface area contributed by atoms with Gasteiger partial charge in [-0.1, -0.05) is 72.8 Å². The average molecular weight is 582 g/mol. The van der Waals surface area contributed by atoms with Crippen LogP contribution in [0.4, 0.5) is 17.1 Å². The summed E-state index contributed by atoms with van der Waals surface area (Å²) >= 11 is 0. The predicted molar refractivity (Wildman–Crippen MR) is 173 cm³/mol. The Balaban J connectivity index is 0.00000405. The summed E-state index contributed by atoms with van der Waals surface area (Å²) in [7, 11) is 0. The summed E-state index contributed by atoms with van der Waals surface area (Å²) in [6.07, 6.45) is 2.81. The molecule has 0 aromatic heterocycles. The number of hydrogen-bond acceptors (Lipinski definition) is 4. The van der Waals surface area contributed by atoms with Gasteiger partial charge in [0, 0.05) is 42.1 Å². The standard InChI is InChI=1S/C34H35N5O2.ClH/c35-34(36)27-16-13-25(14-17-27)15-20-33(41)39-21-7-10-28-22-30(18-19-31(28)39)38(23-26-8-3-1-4-9-26)24-32(40)37-29-11-5-2-6-12-29;/h1-6,8-9,11-14,16-19,22H,7,10,15,20-21,23-24H2,(H3,35,36)(H,37,40);1H. The summed E-state index contributed by atoms with van der Waals surface area (Å²) in [5, 5.41) is 10.5. The molecule has 1 aliphatic heterocycles. The van der Waals surface area contributed by atoms with Gasteiger partial charge < -0.3 is 20.9 Å². The minimum absolute atomic E-state index is 0. The van der Waals surface area contributed by atoms with Crippen LogP contribution < -0.4 is 20.9 Å². The van der Waals surface area contributed by atoms with Gasteiger partial charge in [-0.2, -0.15) is 0 Å². The molecule has 0 radical (unpaired) electrons. The van der Waals surface area contributed by atoms with Crippen LogP contribution in [0.1, 0.15) is 35.1 Å². The number of anilines is 3. The van der Waals surface area contributed by atoms with Gasteiger partial charge in [0.2, 0.25) is 11.8 Å². The minimum atomic E-state index is -0.0852. The van der Waals surface area contributed by atoms with E-state index in [9.17, 15) is 9.59 Å². The Morgan fingerprint density at radius 1 is 0.881 bits per heavy atom. The highest BCUT2D eigenvalue weighted by molar-refractivity contribution is 5.96. The van der Waals surface area contributed by atoms with Gasteiger partial charge in [0.15, 0.2) is 0 Å². The molecule has 4 aromatic rings. The number of nitrogens with two attached hydrogens (primary N) is 1. The number of carbonyl (C=O) groups excluding carboxylic acids is 2. The lowest BCUT2D eigenvalue weighted by Crippen LogP contribution is -2.36. The molecule has 216 valence electrons. The van der Waals surface area contributed by atoms with Crippen LogP contribution in [0.15, 0.2) is 103 Å². The van der Waals surface area contributed by atoms with Crippen LogP contribution in [0.2, 0.25) is 0 Å². The zero-order valence-corrected chi connectivity index (χ0v) is 24.3. The summed E-state index contributed by atoms with van der Waals surface area (Å²) < 4.78 is 0. The van der Waals surface area contributed by atoms with E-state index in [0.717, 1.165) is 46.6 Å². The number of rotatable bonds is 10. The number of carbonyl (C=O) groups is 2. The van der Waals surface area contributed by atoms with Crippen LogP contribution in [0.3, 0.4) is 0 Å². The first-order valence-electron chi connectivity index (χ1n) is 14.0. The molecule has 7 nitrogen and oxygen atoms in total. The average Bonchev–Trinajstić information content (AvgIpc) is 3.00. The fourth-order valence-corrected chi connectivity index (χ4v) is 5.21. The van der Waals surface area contributed by atoms with Gasteiger partial charge in [-0.05, 0) is 66.3 Å². The lowest BCUT2D eigenvalue weighted by atomic mass is 9.99. The molecule has 4 N–H and O–H groups in total. The van der Waals surface area contributed by atoms with Crippen LogP contribution in [0, 0.1) is 5.41 Å². The topological polar surface area (TPSA) is 103 Å². The van der Waals surface area contributed by atoms with Gasteiger partial charge in [0.1, 0.15) is 5.84 Å². The first kappa shape index (κ1) is 30.3. The van der Waals surface area contributed by atoms with Crippen LogP contribution in [-0.2, 0) is 29.0 Å². The molecule has 0 bridgehead atoms. The second-order valence-electron chi connectivity index (χ2n) is 10.3. The molecule has 0 unspecified atom stereocenters. The molecule has 42 heavy (non-hydrogen) atoms. The van der Waals surface area contributed by atoms with Gasteiger partial charge >= 0.3 is 0 Å². The number of aryl methyl sites for hydroxylation is 2. The summed E-state index contributed by atoms with van der Waals surface area (Å²) in [4.78, 5) is 30.3. The molecule has 1 heterocycles. The monoisotopic (exact) mass is 581 g/mol. The molecule has 8 heteroatoms. The highest BCUT2D eigenvalue weighted by atomic mass is 35.5. The molecule has 0 aliphatic carbocycles. The van der Waals surface area contributed by atoms with E-state index < -0.39 is 0 Å². The molecular weight excluding hydrogens is 546 g/mol. The van der Waals surface area contributed by atoms with Gasteiger partial charge in [0.25, 0.3) is 0 Å². The first-order chi connectivity index (χ1) is 20.0. The highest BCUT2D eigenvalue weighted by Crippen LogP contribution is 2.32. The maximum absolute atomic E-state index is 13.3. The van der Waals surface area contributed by atoms with E-state index in [1.54, 1.807) is 0 Å². The fourth-order valence-electron chi connectivity index (χ4n) is 5.21. The number of nitrogens with one attached hydrogen (secondary N) is 2. The van der Waals surface area contributed by atoms with Crippen LogP contribution in [-0.4, -0.2) is 30.7 Å². The molecule has 0 spiro atoms. The lowest BCUT2D eigenvalue weighted by molar-refractivity contribution is -0.118. The molecule has 4 aromatic carbocycles. The van der Waals surface area contributed by atoms with Crippen molar-refractivity contribution in [1.29, 1.82) is 5.41 Å². The Kier molecular flexibility index (Phi) is 10.3. The third-order valence-corrected chi connectivity index (χ3v) is 7.35. The highest BCUT2D eigenvalue weighted by Gasteiger charge is 2.24. The van der Waals surface area contributed by atoms with E-state index in [1.165, 1.54) is 0 Å². The number of benzene rings is 4. The van der Waals surface area contributed by atoms with Gasteiger partial charge in [-0.25, -0.2) is 0 Å². The Bertz CT molecular complexity index is 1510. The molecule has 2 amide bonds. The molecule has 1 aliphatic rings. The number of para-hydroxylation sites is 1. The van der Waals surface area contributed by atoms with Crippen LogP contribution in [0.5, 0.6) is 0 Å². The van der Waals surface area contributed by atoms with Crippen molar-refractivity contribution in [2.45, 2.75) is 32.2 Å². The number of amides is 2. The van der Waals surface area contributed by atoms with Crippen molar-refractivity contribution in [3.05, 3.63) is 125 Å². The van der Waals surface area contributed by atoms with E-state index in [0.29, 0.717) is 31.5 Å². The zero-order chi connectivity index (χ0) is 28.6. The summed E-state index contributed by atoms with van der Waals surface area (Å²) in [6, 6.07) is 33.3. The number of nitrogen functional groups attached to an aromatic ring is 1. The van der Waals surface area contributed by atoms with Gasteiger partial charge in [-0.3, -0.25) is 15.0 Å². The summed E-state index contributed by atoms with van der Waals surface area (Å²) in [5.74, 6) is 0.0480. The molecule has 0 fully saturated rings. The third kappa shape index (κ3) is 7.77. The van der Waals surface area contributed by atoms with Crippen LogP contribution >= 0.6 is 12.4 Å². The van der Waals surface area contributed by atoms with E-state index in [-0.39, 0.29) is 36.6 Å². The fraction of sp³-hybridized carbons (Fsp3) is 0.206. The second-order valence-corrected chi connectivity index (χ2v) is 10.3. The normalized spacial score (nSPS) is 12.0. The smallest absolute Gasteiger partial charge is 0.243 e. The number of nitrogens with zero attached hydrogens (tertiary/aromatic N) is 2. The molecule has 0 saturated heterocycles. The number of amidine groups is 1. The van der Waals surface area contributed by atoms with Gasteiger partial charge in [-0.15, -0.1) is 12.4 Å². The van der Waals surface area contributed by atoms with Crippen LogP contribution in [0.25, 0.3) is 0 Å². The number of hydrogen-bond donors (Lipinski definition) is 3. The lowest BCUT2D eigenvalue weighted by Gasteiger charge is -2.32. The number of fused-ring (bicyclic) bond motifs is 1. The van der Waals surface area contributed by atoms with Crippen molar-refractivity contribution >= 4 is 47.1 Å². The van der Waals surface area contributed by atoms with Crippen molar-refractivity contribution in [2.75, 3.05) is 28.2 Å². The third-order valence-electron chi connectivity index (χ3n) is 7.35. The Morgan fingerprint density at radius 3 is 2.26 bits per heavy atom. The van der Waals surface area contributed by atoms with Crippen molar-refractivity contribution in [1.82, 2.24) is 0 Å². The predicted octanol–water partition coefficient (Wildman–Crippen LogP) is 5.95. The quantitative estimate of drug-likeness (QED) is 0.159. The summed E-state index contributed by atoms with van der Waals surface area (Å²) in [5.41, 5.74) is 12.2. The molecule has 0 atom stereocenters. The SMILES string of the molecule is Cl.N=C(N)c1ccc(CCC(=O)N2CCCc3cc(N(CC(=O)Nc4ccccc4)Cc4ccccc4)ccc32)cc1. The molecule has 5 rings (SSSR count). The molecule has 0 saturated carbocycles. The number of halogens is 1. The van der Waals surface area contributed by atoms with E-state index in [1.807, 2.05) is 89.8 Å².